The van der Waals surface area contributed by atoms with Gasteiger partial charge in [0, 0.05) is 12.1 Å². The molecule has 1 aromatic carbocycles. The molecule has 0 bridgehead atoms. The molecular weight excluding hydrogens is 287 g/mol. The van der Waals surface area contributed by atoms with Gasteiger partial charge in [0.15, 0.2) is 11.3 Å². The molecule has 2 N–H and O–H groups in total. The summed E-state index contributed by atoms with van der Waals surface area (Å²) < 4.78 is 40.5. The number of hydrogen-bond acceptors (Lipinski definition) is 4. The van der Waals surface area contributed by atoms with E-state index in [4.69, 9.17) is 0 Å². The van der Waals surface area contributed by atoms with Gasteiger partial charge in [-0.1, -0.05) is 0 Å². The zero-order valence-corrected chi connectivity index (χ0v) is 10.2. The monoisotopic (exact) mass is 293 g/mol. The molecule has 21 heavy (non-hydrogen) atoms. The Morgan fingerprint density at radius 3 is 2.43 bits per heavy atom. The largest absolute Gasteiger partial charge is 0.505 e. The first kappa shape index (κ1) is 13.1. The topological polar surface area (TPSA) is 78.9 Å². The SMILES string of the molecule is O=c1[nH]c2ccnnc2c(O)c1-c1c(F)cc(F)cc1F. The molecule has 0 saturated carbocycles. The Balaban J connectivity index is 2.44. The number of aromatic nitrogens is 3. The van der Waals surface area contributed by atoms with Crippen LogP contribution in [-0.4, -0.2) is 20.3 Å². The van der Waals surface area contributed by atoms with E-state index >= 15 is 0 Å². The number of benzene rings is 1. The van der Waals surface area contributed by atoms with E-state index in [9.17, 15) is 23.1 Å². The fourth-order valence-corrected chi connectivity index (χ4v) is 2.03. The van der Waals surface area contributed by atoms with Gasteiger partial charge in [0.05, 0.1) is 22.8 Å². The van der Waals surface area contributed by atoms with Gasteiger partial charge >= 0.3 is 0 Å². The zero-order chi connectivity index (χ0) is 15.1. The molecule has 106 valence electrons. The fraction of sp³-hybridized carbons (Fsp3) is 0. The lowest BCUT2D eigenvalue weighted by molar-refractivity contribution is 0.478. The molecule has 0 aliphatic rings. The van der Waals surface area contributed by atoms with Crippen LogP contribution >= 0.6 is 0 Å². The maximum absolute atomic E-state index is 13.8. The minimum absolute atomic E-state index is 0.129. The van der Waals surface area contributed by atoms with Crippen LogP contribution in [0.5, 0.6) is 5.75 Å². The molecule has 0 aliphatic heterocycles. The van der Waals surface area contributed by atoms with Crippen molar-refractivity contribution in [2.75, 3.05) is 0 Å². The van der Waals surface area contributed by atoms with Gasteiger partial charge < -0.3 is 10.1 Å². The second-order valence-corrected chi connectivity index (χ2v) is 4.22. The van der Waals surface area contributed by atoms with Crippen LogP contribution in [0, 0.1) is 17.5 Å². The predicted molar refractivity (Wildman–Crippen MR) is 67.1 cm³/mol. The van der Waals surface area contributed by atoms with E-state index in [1.165, 1.54) is 12.3 Å². The average molecular weight is 293 g/mol. The van der Waals surface area contributed by atoms with Crippen LogP contribution in [-0.2, 0) is 0 Å². The highest BCUT2D eigenvalue weighted by atomic mass is 19.1. The molecule has 2 aromatic heterocycles. The van der Waals surface area contributed by atoms with E-state index in [-0.39, 0.29) is 11.0 Å². The molecule has 3 aromatic rings. The van der Waals surface area contributed by atoms with Crippen LogP contribution in [0.4, 0.5) is 13.2 Å². The summed E-state index contributed by atoms with van der Waals surface area (Å²) in [6.45, 7) is 0. The standard InChI is InChI=1S/C13H6F3N3O2/c14-5-3-6(15)9(7(16)4-5)10-12(20)11-8(18-13(10)21)1-2-17-19-11/h1-4H,(H2,18,20,21). The highest BCUT2D eigenvalue weighted by molar-refractivity contribution is 5.88. The lowest BCUT2D eigenvalue weighted by Gasteiger charge is -2.08. The van der Waals surface area contributed by atoms with Gasteiger partial charge in [-0.15, -0.1) is 5.10 Å². The van der Waals surface area contributed by atoms with Crippen LogP contribution in [0.1, 0.15) is 0 Å². The van der Waals surface area contributed by atoms with E-state index in [0.29, 0.717) is 12.1 Å². The van der Waals surface area contributed by atoms with Crippen LogP contribution < -0.4 is 5.56 Å². The van der Waals surface area contributed by atoms with Crippen molar-refractivity contribution in [2.45, 2.75) is 0 Å². The molecule has 0 saturated heterocycles. The molecule has 0 spiro atoms. The highest BCUT2D eigenvalue weighted by Gasteiger charge is 2.22. The number of nitrogens with zero attached hydrogens (tertiary/aromatic N) is 2. The molecular formula is C13H6F3N3O2. The number of halogens is 3. The Bertz CT molecular complexity index is 901. The van der Waals surface area contributed by atoms with Crippen molar-refractivity contribution in [3.63, 3.8) is 0 Å². The van der Waals surface area contributed by atoms with Crippen molar-refractivity contribution in [1.82, 2.24) is 15.2 Å². The number of aromatic hydroxyl groups is 1. The number of aromatic amines is 1. The lowest BCUT2D eigenvalue weighted by Crippen LogP contribution is -2.12. The zero-order valence-electron chi connectivity index (χ0n) is 10.2. The number of hydrogen-bond donors (Lipinski definition) is 2. The first-order valence-electron chi connectivity index (χ1n) is 5.70. The Morgan fingerprint density at radius 1 is 1.10 bits per heavy atom. The third-order valence-corrected chi connectivity index (χ3v) is 2.91. The minimum atomic E-state index is -1.31. The van der Waals surface area contributed by atoms with Crippen LogP contribution in [0.3, 0.4) is 0 Å². The maximum atomic E-state index is 13.8. The quantitative estimate of drug-likeness (QED) is 0.720. The molecule has 3 rings (SSSR count). The van der Waals surface area contributed by atoms with Crippen molar-refractivity contribution in [2.24, 2.45) is 0 Å². The molecule has 0 fully saturated rings. The molecule has 0 amide bonds. The summed E-state index contributed by atoms with van der Waals surface area (Å²) in [7, 11) is 0. The van der Waals surface area contributed by atoms with Gasteiger partial charge in [0.25, 0.3) is 5.56 Å². The van der Waals surface area contributed by atoms with Gasteiger partial charge in [-0.3, -0.25) is 4.79 Å². The van der Waals surface area contributed by atoms with Gasteiger partial charge in [0.2, 0.25) is 0 Å². The first-order valence-corrected chi connectivity index (χ1v) is 5.70. The van der Waals surface area contributed by atoms with Crippen molar-refractivity contribution < 1.29 is 18.3 Å². The molecule has 5 nitrogen and oxygen atoms in total. The summed E-state index contributed by atoms with van der Waals surface area (Å²) in [5.41, 5.74) is -2.41. The second kappa shape index (κ2) is 4.58. The Labute approximate surface area is 114 Å². The van der Waals surface area contributed by atoms with Crippen molar-refractivity contribution >= 4 is 11.0 Å². The number of H-pyrrole nitrogens is 1. The average Bonchev–Trinajstić information content (AvgIpc) is 2.41. The first-order chi connectivity index (χ1) is 9.99. The summed E-state index contributed by atoms with van der Waals surface area (Å²) in [6.07, 6.45) is 1.27. The summed E-state index contributed by atoms with van der Waals surface area (Å²) >= 11 is 0. The number of rotatable bonds is 1. The molecule has 0 radical (unpaired) electrons. The summed E-state index contributed by atoms with van der Waals surface area (Å²) in [5, 5.41) is 17.2. The normalized spacial score (nSPS) is 11.0. The third-order valence-electron chi connectivity index (χ3n) is 2.91. The van der Waals surface area contributed by atoms with E-state index in [2.05, 4.69) is 15.2 Å². The number of pyridine rings is 1. The van der Waals surface area contributed by atoms with Crippen molar-refractivity contribution in [1.29, 1.82) is 0 Å². The smallest absolute Gasteiger partial charge is 0.260 e. The summed E-state index contributed by atoms with van der Waals surface area (Å²) in [4.78, 5) is 14.3. The second-order valence-electron chi connectivity index (χ2n) is 4.22. The lowest BCUT2D eigenvalue weighted by atomic mass is 10.0. The maximum Gasteiger partial charge on any atom is 0.260 e. The van der Waals surface area contributed by atoms with Gasteiger partial charge in [-0.05, 0) is 6.07 Å². The Kier molecular flexibility index (Phi) is 2.86. The van der Waals surface area contributed by atoms with E-state index in [1.807, 2.05) is 0 Å². The molecule has 0 atom stereocenters. The van der Waals surface area contributed by atoms with E-state index in [0.717, 1.165) is 0 Å². The number of fused-ring (bicyclic) bond motifs is 1. The summed E-state index contributed by atoms with van der Waals surface area (Å²) in [6, 6.07) is 2.20. The highest BCUT2D eigenvalue weighted by Crippen LogP contribution is 2.33. The van der Waals surface area contributed by atoms with Crippen LogP contribution in [0.15, 0.2) is 29.2 Å². The van der Waals surface area contributed by atoms with E-state index in [1.54, 1.807) is 0 Å². The minimum Gasteiger partial charge on any atom is -0.505 e. The summed E-state index contributed by atoms with van der Waals surface area (Å²) in [5.74, 6) is -4.48. The molecule has 0 aliphatic carbocycles. The fourth-order valence-electron chi connectivity index (χ4n) is 2.03. The van der Waals surface area contributed by atoms with Crippen LogP contribution in [0.25, 0.3) is 22.2 Å². The molecule has 0 unspecified atom stereocenters. The van der Waals surface area contributed by atoms with E-state index < -0.39 is 39.9 Å². The van der Waals surface area contributed by atoms with Gasteiger partial charge in [0.1, 0.15) is 17.5 Å². The Hall–Kier alpha value is -2.90. The Morgan fingerprint density at radius 2 is 1.76 bits per heavy atom. The number of nitrogens with one attached hydrogen (secondary N) is 1. The van der Waals surface area contributed by atoms with Crippen molar-refractivity contribution in [3.05, 3.63) is 52.2 Å². The predicted octanol–water partition coefficient (Wildman–Crippen LogP) is 2.11. The molecule has 2 heterocycles. The van der Waals surface area contributed by atoms with Gasteiger partial charge in [-0.25, -0.2) is 13.2 Å². The van der Waals surface area contributed by atoms with Crippen molar-refractivity contribution in [3.8, 4) is 16.9 Å². The molecule has 8 heteroatoms. The third kappa shape index (κ3) is 2.00. The van der Waals surface area contributed by atoms with Gasteiger partial charge in [-0.2, -0.15) is 5.10 Å². The van der Waals surface area contributed by atoms with Crippen LogP contribution in [0.2, 0.25) is 0 Å².